The molecule has 3 nitrogen and oxygen atoms in total. The molecule has 1 saturated heterocycles. The standard InChI is InChI=1S/C17H24ClNO2/c1-13-5-3-9-19(12-13)17(20)6-4-10-21-16-8-7-15(18)11-14(16)2/h7-8,11,13H,3-6,9-10,12H2,1-2H3/t13-/m1/s1. The first kappa shape index (κ1) is 16.2. The molecule has 116 valence electrons. The zero-order valence-electron chi connectivity index (χ0n) is 12.9. The van der Waals surface area contributed by atoms with E-state index in [4.69, 9.17) is 16.3 Å². The number of piperidine rings is 1. The van der Waals surface area contributed by atoms with Gasteiger partial charge in [0.25, 0.3) is 0 Å². The lowest BCUT2D eigenvalue weighted by Gasteiger charge is -2.31. The van der Waals surface area contributed by atoms with Gasteiger partial charge in [-0.05, 0) is 55.9 Å². The van der Waals surface area contributed by atoms with Gasteiger partial charge in [0, 0.05) is 24.5 Å². The number of carbonyl (C=O) groups is 1. The maximum absolute atomic E-state index is 12.1. The zero-order valence-corrected chi connectivity index (χ0v) is 13.7. The smallest absolute Gasteiger partial charge is 0.222 e. The molecule has 0 aromatic heterocycles. The van der Waals surface area contributed by atoms with Gasteiger partial charge in [-0.15, -0.1) is 0 Å². The van der Waals surface area contributed by atoms with E-state index in [9.17, 15) is 4.79 Å². The molecular formula is C17H24ClNO2. The molecule has 1 aliphatic rings. The van der Waals surface area contributed by atoms with Gasteiger partial charge in [-0.1, -0.05) is 18.5 Å². The van der Waals surface area contributed by atoms with Gasteiger partial charge in [0.05, 0.1) is 6.61 Å². The van der Waals surface area contributed by atoms with E-state index in [0.717, 1.165) is 37.2 Å². The highest BCUT2D eigenvalue weighted by atomic mass is 35.5. The first-order chi connectivity index (χ1) is 10.1. The highest BCUT2D eigenvalue weighted by Crippen LogP contribution is 2.22. The van der Waals surface area contributed by atoms with Gasteiger partial charge in [-0.25, -0.2) is 0 Å². The van der Waals surface area contributed by atoms with Crippen molar-refractivity contribution >= 4 is 17.5 Å². The average molecular weight is 310 g/mol. The summed E-state index contributed by atoms with van der Waals surface area (Å²) in [4.78, 5) is 14.1. The molecule has 0 spiro atoms. The molecule has 1 atom stereocenters. The zero-order chi connectivity index (χ0) is 15.2. The number of hydrogen-bond acceptors (Lipinski definition) is 2. The molecule has 4 heteroatoms. The molecule has 0 saturated carbocycles. The number of nitrogens with zero attached hydrogens (tertiary/aromatic N) is 1. The number of carbonyl (C=O) groups excluding carboxylic acids is 1. The van der Waals surface area contributed by atoms with Crippen LogP contribution in [0.1, 0.15) is 38.2 Å². The van der Waals surface area contributed by atoms with Crippen molar-refractivity contribution in [1.29, 1.82) is 0 Å². The number of ether oxygens (including phenoxy) is 1. The predicted octanol–water partition coefficient (Wildman–Crippen LogP) is 4.07. The fraction of sp³-hybridized carbons (Fsp3) is 0.588. The van der Waals surface area contributed by atoms with Crippen LogP contribution in [0.15, 0.2) is 18.2 Å². The molecule has 0 N–H and O–H groups in total. The van der Waals surface area contributed by atoms with E-state index in [2.05, 4.69) is 6.92 Å². The molecule has 0 radical (unpaired) electrons. The van der Waals surface area contributed by atoms with Gasteiger partial charge in [0.15, 0.2) is 0 Å². The van der Waals surface area contributed by atoms with Crippen molar-refractivity contribution in [3.05, 3.63) is 28.8 Å². The van der Waals surface area contributed by atoms with Crippen molar-refractivity contribution in [2.24, 2.45) is 5.92 Å². The van der Waals surface area contributed by atoms with Crippen molar-refractivity contribution in [2.45, 2.75) is 39.5 Å². The van der Waals surface area contributed by atoms with Crippen molar-refractivity contribution in [3.8, 4) is 5.75 Å². The molecule has 0 aliphatic carbocycles. The van der Waals surface area contributed by atoms with Gasteiger partial charge >= 0.3 is 0 Å². The van der Waals surface area contributed by atoms with Gasteiger partial charge in [-0.2, -0.15) is 0 Å². The summed E-state index contributed by atoms with van der Waals surface area (Å²) in [6.45, 7) is 6.58. The highest BCUT2D eigenvalue weighted by molar-refractivity contribution is 6.30. The number of hydrogen-bond donors (Lipinski definition) is 0. The molecule has 21 heavy (non-hydrogen) atoms. The predicted molar refractivity (Wildman–Crippen MR) is 85.9 cm³/mol. The molecule has 1 aliphatic heterocycles. The summed E-state index contributed by atoms with van der Waals surface area (Å²) in [5.41, 5.74) is 1.03. The maximum atomic E-state index is 12.1. The lowest BCUT2D eigenvalue weighted by atomic mass is 10.00. The molecule has 0 bridgehead atoms. The Balaban J connectivity index is 1.70. The van der Waals surface area contributed by atoms with Gasteiger partial charge < -0.3 is 9.64 Å². The number of halogens is 1. The first-order valence-electron chi connectivity index (χ1n) is 7.73. The Morgan fingerprint density at radius 1 is 1.48 bits per heavy atom. The van der Waals surface area contributed by atoms with Gasteiger partial charge in [0.1, 0.15) is 5.75 Å². The number of likely N-dealkylation sites (tertiary alicyclic amines) is 1. The van der Waals surface area contributed by atoms with Crippen LogP contribution in [0, 0.1) is 12.8 Å². The van der Waals surface area contributed by atoms with E-state index in [1.807, 2.05) is 30.0 Å². The monoisotopic (exact) mass is 309 g/mol. The van der Waals surface area contributed by atoms with E-state index >= 15 is 0 Å². The summed E-state index contributed by atoms with van der Waals surface area (Å²) in [6, 6.07) is 5.59. The van der Waals surface area contributed by atoms with Crippen LogP contribution in [0.4, 0.5) is 0 Å². The summed E-state index contributed by atoms with van der Waals surface area (Å²) >= 11 is 5.91. The van der Waals surface area contributed by atoms with Crippen LogP contribution in [0.5, 0.6) is 5.75 Å². The summed E-state index contributed by atoms with van der Waals surface area (Å²) in [5, 5.41) is 0.717. The minimum Gasteiger partial charge on any atom is -0.493 e. The normalized spacial score (nSPS) is 18.6. The third kappa shape index (κ3) is 4.92. The van der Waals surface area contributed by atoms with Gasteiger partial charge in [0.2, 0.25) is 5.91 Å². The molecule has 1 fully saturated rings. The second-order valence-corrected chi connectivity index (χ2v) is 6.39. The molecule has 1 heterocycles. The first-order valence-corrected chi connectivity index (χ1v) is 8.11. The summed E-state index contributed by atoms with van der Waals surface area (Å²) in [6.07, 6.45) is 3.70. The van der Waals surface area contributed by atoms with Crippen LogP contribution in [0.25, 0.3) is 0 Å². The van der Waals surface area contributed by atoms with Crippen LogP contribution in [0.2, 0.25) is 5.02 Å². The second kappa shape index (κ2) is 7.69. The molecule has 1 aromatic carbocycles. The maximum Gasteiger partial charge on any atom is 0.222 e. The Bertz CT molecular complexity index is 490. The summed E-state index contributed by atoms with van der Waals surface area (Å²) < 4.78 is 5.72. The number of benzene rings is 1. The number of amides is 1. The van der Waals surface area contributed by atoms with Crippen molar-refractivity contribution in [3.63, 3.8) is 0 Å². The van der Waals surface area contributed by atoms with E-state index in [0.29, 0.717) is 24.0 Å². The van der Waals surface area contributed by atoms with Crippen LogP contribution in [-0.4, -0.2) is 30.5 Å². The number of rotatable bonds is 5. The van der Waals surface area contributed by atoms with Crippen LogP contribution >= 0.6 is 11.6 Å². The lowest BCUT2D eigenvalue weighted by molar-refractivity contribution is -0.133. The topological polar surface area (TPSA) is 29.5 Å². The Morgan fingerprint density at radius 2 is 2.29 bits per heavy atom. The fourth-order valence-corrected chi connectivity index (χ4v) is 2.98. The van der Waals surface area contributed by atoms with E-state index < -0.39 is 0 Å². The largest absolute Gasteiger partial charge is 0.493 e. The molecule has 0 unspecified atom stereocenters. The SMILES string of the molecule is Cc1cc(Cl)ccc1OCCCC(=O)N1CCC[C@@H](C)C1. The fourth-order valence-electron chi connectivity index (χ4n) is 2.75. The molecular weight excluding hydrogens is 286 g/mol. The molecule has 1 amide bonds. The summed E-state index contributed by atoms with van der Waals surface area (Å²) in [5.74, 6) is 1.74. The van der Waals surface area contributed by atoms with Crippen molar-refractivity contribution in [2.75, 3.05) is 19.7 Å². The highest BCUT2D eigenvalue weighted by Gasteiger charge is 2.20. The lowest BCUT2D eigenvalue weighted by Crippen LogP contribution is -2.39. The molecule has 2 rings (SSSR count). The Labute approximate surface area is 132 Å². The third-order valence-electron chi connectivity index (χ3n) is 3.94. The molecule has 1 aromatic rings. The van der Waals surface area contributed by atoms with Crippen molar-refractivity contribution in [1.82, 2.24) is 4.90 Å². The Kier molecular flexibility index (Phi) is 5.92. The number of aryl methyl sites for hydroxylation is 1. The van der Waals surface area contributed by atoms with Crippen molar-refractivity contribution < 1.29 is 9.53 Å². The summed E-state index contributed by atoms with van der Waals surface area (Å²) in [7, 11) is 0. The van der Waals surface area contributed by atoms with Gasteiger partial charge in [-0.3, -0.25) is 4.79 Å². The Hall–Kier alpha value is -1.22. The second-order valence-electron chi connectivity index (χ2n) is 5.95. The average Bonchev–Trinajstić information content (AvgIpc) is 2.45. The van der Waals surface area contributed by atoms with Crippen LogP contribution in [-0.2, 0) is 4.79 Å². The van der Waals surface area contributed by atoms with Crippen LogP contribution < -0.4 is 4.74 Å². The minimum absolute atomic E-state index is 0.262. The third-order valence-corrected chi connectivity index (χ3v) is 4.17. The quantitative estimate of drug-likeness (QED) is 0.767. The van der Waals surface area contributed by atoms with E-state index in [1.165, 1.54) is 6.42 Å². The van der Waals surface area contributed by atoms with Crippen LogP contribution in [0.3, 0.4) is 0 Å². The van der Waals surface area contributed by atoms with E-state index in [1.54, 1.807) is 0 Å². The van der Waals surface area contributed by atoms with E-state index in [-0.39, 0.29) is 5.91 Å². The minimum atomic E-state index is 0.262. The Morgan fingerprint density at radius 3 is 3.00 bits per heavy atom.